The van der Waals surface area contributed by atoms with E-state index in [2.05, 4.69) is 63.5 Å². The largest absolute Gasteiger partial charge is 0.397 e. The van der Waals surface area contributed by atoms with Crippen LogP contribution in [-0.2, 0) is 62.1 Å². The van der Waals surface area contributed by atoms with E-state index in [4.69, 9.17) is 42.1 Å². The zero-order valence-electron chi connectivity index (χ0n) is 56.9. The fourth-order valence-electron chi connectivity index (χ4n) is 13.5. The smallest absolute Gasteiger partial charge is 0.394 e. The molecule has 6 saturated heterocycles. The van der Waals surface area contributed by atoms with Gasteiger partial charge in [0.2, 0.25) is 0 Å². The van der Waals surface area contributed by atoms with Gasteiger partial charge < -0.3 is 89.0 Å². The topological polar surface area (TPSA) is 380 Å². The number of ether oxygens (including phenoxy) is 8. The molecule has 6 rings (SSSR count). The molecular formula is C71H118O24S. The van der Waals surface area contributed by atoms with Gasteiger partial charge in [-0.25, -0.2) is 4.18 Å². The maximum absolute atomic E-state index is 13.5. The molecule has 0 aliphatic carbocycles. The maximum atomic E-state index is 13.5. The van der Waals surface area contributed by atoms with Crippen molar-refractivity contribution in [2.75, 3.05) is 13.2 Å². The summed E-state index contributed by atoms with van der Waals surface area (Å²) in [6.07, 6.45) is 11.1. The molecule has 25 atom stereocenters. The zero-order valence-corrected chi connectivity index (χ0v) is 57.8. The van der Waals surface area contributed by atoms with Crippen molar-refractivity contribution in [1.82, 2.24) is 0 Å². The number of carbonyl (C=O) groups is 2. The Labute approximate surface area is 569 Å². The Kier molecular flexibility index (Phi) is 36.4. The highest BCUT2D eigenvalue weighted by Crippen LogP contribution is 2.38. The van der Waals surface area contributed by atoms with Crippen LogP contribution in [0.1, 0.15) is 207 Å². The lowest BCUT2D eigenvalue weighted by molar-refractivity contribution is -0.336. The van der Waals surface area contributed by atoms with E-state index in [1.54, 1.807) is 0 Å². The minimum absolute atomic E-state index is 0.0347. The number of aliphatic hydroxyl groups excluding tert-OH is 10. The Balaban J connectivity index is 0.855. The molecule has 6 heterocycles. The standard InChI is InChI=1S/C71H118O24S/c1-6-7-30-55-58(91-55)36-46(4)32-34-56-54(90-56)31-20-14-12-10-8-9-11-13-17-23-44(2)25-21-26-45(3)24-18-15-16-19-27-48(74)28-22-29-51(89-71-68(83)66(81)64(79)62(94-71)43-87-70-67(82)65(80)63(78)61(42-72)93-70)39-49(75)38-50(76)40-52-33-35-57(88-52)59-41-53(77)69(95-96(84,85)86)60(92-59)37-47(5)73/h6,8,10,13,17,21,25,44-45,47,49,51-73,75,77-83H,1,4,7,9,11-12,14-16,18-20,22-24,26-43H2,2-3,5H3,(H,84,85,86)/b10-8+,17-13+,25-21+/t44?,45?,47?,49?,51?,52-,53-,54+,55+,56+,57-,58+,59-,60+,61+,62+,63+,64+,65-,66-,67+,68+,69-,70+,71+/m0/s1. The quantitative estimate of drug-likeness (QED) is 0.0134. The number of hydrogen-bond acceptors (Lipinski definition) is 23. The van der Waals surface area contributed by atoms with Gasteiger partial charge in [0.15, 0.2) is 12.6 Å². The van der Waals surface area contributed by atoms with E-state index in [1.165, 1.54) is 25.3 Å². The fourth-order valence-corrected chi connectivity index (χ4v) is 14.0. The van der Waals surface area contributed by atoms with Gasteiger partial charge >= 0.3 is 10.4 Å². The first-order valence-electron chi connectivity index (χ1n) is 35.7. The molecule has 0 aromatic carbocycles. The van der Waals surface area contributed by atoms with Gasteiger partial charge in [-0.1, -0.05) is 101 Å². The normalized spacial score (nSPS) is 34.1. The van der Waals surface area contributed by atoms with Crippen molar-refractivity contribution in [3.8, 4) is 0 Å². The molecule has 25 heteroatoms. The van der Waals surface area contributed by atoms with Crippen LogP contribution in [0.15, 0.2) is 61.3 Å². The molecule has 24 nitrogen and oxygen atoms in total. The lowest BCUT2D eigenvalue weighted by Crippen LogP contribution is -2.62. The summed E-state index contributed by atoms with van der Waals surface area (Å²) in [5, 5.41) is 106. The molecule has 0 spiro atoms. The van der Waals surface area contributed by atoms with Gasteiger partial charge in [0.05, 0.1) is 86.5 Å². The van der Waals surface area contributed by atoms with Gasteiger partial charge in [0, 0.05) is 44.9 Å². The third-order valence-corrected chi connectivity index (χ3v) is 19.8. The molecule has 0 radical (unpaired) electrons. The van der Waals surface area contributed by atoms with E-state index in [0.717, 1.165) is 103 Å². The lowest BCUT2D eigenvalue weighted by Gasteiger charge is -2.43. The summed E-state index contributed by atoms with van der Waals surface area (Å²) in [5.41, 5.74) is 1.28. The molecule has 6 fully saturated rings. The second-order valence-corrected chi connectivity index (χ2v) is 29.1. The number of rotatable bonds is 49. The van der Waals surface area contributed by atoms with Crippen LogP contribution in [0, 0.1) is 11.8 Å². The molecule has 0 bridgehead atoms. The number of aliphatic hydroxyl groups is 10. The maximum Gasteiger partial charge on any atom is 0.397 e. The highest BCUT2D eigenvalue weighted by atomic mass is 32.3. The van der Waals surface area contributed by atoms with Crippen LogP contribution in [0.5, 0.6) is 0 Å². The minimum Gasteiger partial charge on any atom is -0.394 e. The number of Topliss-reactive ketones (excluding diaryl/α,β-unsaturated/α-hetero) is 2. The molecule has 0 saturated carbocycles. The van der Waals surface area contributed by atoms with Crippen molar-refractivity contribution in [2.45, 2.75) is 348 Å². The monoisotopic (exact) mass is 1390 g/mol. The number of allylic oxidation sites excluding steroid dienone is 7. The molecule has 0 amide bonds. The van der Waals surface area contributed by atoms with Crippen LogP contribution in [0.2, 0.25) is 0 Å². The summed E-state index contributed by atoms with van der Waals surface area (Å²) in [4.78, 5) is 26.7. The van der Waals surface area contributed by atoms with Crippen LogP contribution < -0.4 is 0 Å². The zero-order chi connectivity index (χ0) is 69.9. The van der Waals surface area contributed by atoms with Crippen molar-refractivity contribution >= 4 is 22.0 Å². The summed E-state index contributed by atoms with van der Waals surface area (Å²) in [5.74, 6) is 0.669. The molecule has 552 valence electrons. The SMILES string of the molecule is C=CCC[C@H]1O[C@@H]1CC(=C)CC[C@H]1O[C@@H]1CCCC/C=C/CC/C=C/CC(C)/C=C/CC(C)CCCCCCC(=O)CCCC(CC(O)CC(=O)C[C@@H]1CC[C@@H]([C@@H]2C[C@H](O)[C@H](OS(=O)(=O)O)[C@@H](CC(C)O)O2)O1)O[C@@H]1O[C@H](CO[C@@H]2O[C@H](CO)[C@@H](O)[C@H](O)[C@H]2O)[C@@H](O)[C@H](O)[C@H]1O. The van der Waals surface area contributed by atoms with Crippen molar-refractivity contribution < 1.29 is 116 Å². The van der Waals surface area contributed by atoms with E-state index in [0.29, 0.717) is 61.9 Å². The first kappa shape index (κ1) is 82.1. The van der Waals surface area contributed by atoms with Crippen LogP contribution in [0.3, 0.4) is 0 Å². The molecule has 6 aliphatic rings. The molecule has 0 aromatic rings. The Hall–Kier alpha value is -2.81. The minimum atomic E-state index is -4.97. The summed E-state index contributed by atoms with van der Waals surface area (Å²) < 4.78 is 84.0. The van der Waals surface area contributed by atoms with Crippen molar-refractivity contribution in [3.63, 3.8) is 0 Å². The van der Waals surface area contributed by atoms with Gasteiger partial charge in [0.1, 0.15) is 66.5 Å². The Bertz CT molecular complexity index is 2480. The molecule has 6 aliphatic heterocycles. The molecule has 5 unspecified atom stereocenters. The summed E-state index contributed by atoms with van der Waals surface area (Å²) in [7, 11) is -4.97. The summed E-state index contributed by atoms with van der Waals surface area (Å²) >= 11 is 0. The molecule has 96 heavy (non-hydrogen) atoms. The average molecular weight is 1390 g/mol. The summed E-state index contributed by atoms with van der Waals surface area (Å²) in [6, 6.07) is 0. The van der Waals surface area contributed by atoms with Crippen LogP contribution >= 0.6 is 0 Å². The fraction of sp³-hybridized carbons (Fsp3) is 0.831. The Morgan fingerprint density at radius 3 is 2.00 bits per heavy atom. The van der Waals surface area contributed by atoms with E-state index >= 15 is 0 Å². The average Bonchev–Trinajstić information content (AvgIpc) is 1.18. The van der Waals surface area contributed by atoms with Crippen LogP contribution in [0.25, 0.3) is 0 Å². The lowest BCUT2D eigenvalue weighted by atomic mass is 9.91. The van der Waals surface area contributed by atoms with E-state index in [1.807, 2.05) is 6.08 Å². The number of unbranched alkanes of at least 4 members (excludes halogenated alkanes) is 6. The van der Waals surface area contributed by atoms with Gasteiger partial charge in [-0.3, -0.25) is 14.1 Å². The summed E-state index contributed by atoms with van der Waals surface area (Å²) in [6.45, 7) is 12.7. The third kappa shape index (κ3) is 29.6. The van der Waals surface area contributed by atoms with Crippen molar-refractivity contribution in [1.29, 1.82) is 0 Å². The van der Waals surface area contributed by atoms with Gasteiger partial charge in [-0.05, 0) is 128 Å². The first-order chi connectivity index (χ1) is 45.8. The van der Waals surface area contributed by atoms with Crippen LogP contribution in [0.4, 0.5) is 0 Å². The number of epoxide rings is 2. The van der Waals surface area contributed by atoms with Crippen LogP contribution in [-0.4, -0.2) is 230 Å². The third-order valence-electron chi connectivity index (χ3n) is 19.3. The second-order valence-electron chi connectivity index (χ2n) is 28.1. The predicted molar refractivity (Wildman–Crippen MR) is 355 cm³/mol. The van der Waals surface area contributed by atoms with Crippen molar-refractivity contribution in [3.05, 3.63) is 61.3 Å². The Morgan fingerprint density at radius 2 is 1.27 bits per heavy atom. The van der Waals surface area contributed by atoms with E-state index in [9.17, 15) is 73.6 Å². The number of ketones is 2. The highest BCUT2D eigenvalue weighted by Gasteiger charge is 2.50. The molecule has 11 N–H and O–H groups in total. The number of carbonyl (C=O) groups excluding carboxylic acids is 2. The van der Waals surface area contributed by atoms with Gasteiger partial charge in [0.25, 0.3) is 0 Å². The van der Waals surface area contributed by atoms with Gasteiger partial charge in [-0.15, -0.1) is 6.58 Å². The van der Waals surface area contributed by atoms with E-state index in [-0.39, 0.29) is 56.5 Å². The van der Waals surface area contributed by atoms with Crippen molar-refractivity contribution in [2.24, 2.45) is 11.8 Å². The predicted octanol–water partition coefficient (Wildman–Crippen LogP) is 6.49. The van der Waals surface area contributed by atoms with E-state index < -0.39 is 140 Å². The second kappa shape index (κ2) is 42.6. The first-order valence-corrected chi connectivity index (χ1v) is 37.1. The van der Waals surface area contributed by atoms with Gasteiger partial charge in [-0.2, -0.15) is 8.42 Å². The highest BCUT2D eigenvalue weighted by molar-refractivity contribution is 7.80. The number of hydrogen-bond donors (Lipinski definition) is 11. The molecule has 0 aromatic heterocycles. The Morgan fingerprint density at radius 1 is 0.604 bits per heavy atom. The molecular weight excluding hydrogens is 1270 g/mol.